The second kappa shape index (κ2) is 8.49. The Hall–Kier alpha value is -1.59. The normalized spacial score (nSPS) is 10.3. The summed E-state index contributed by atoms with van der Waals surface area (Å²) >= 11 is 0. The number of anilines is 2. The largest absolute Gasteiger partial charge is 0.399 e. The number of carbonyl (C=O) groups excluding carboxylic acids is 1. The van der Waals surface area contributed by atoms with E-state index in [1.54, 1.807) is 24.3 Å². The molecule has 1 aromatic carbocycles. The van der Waals surface area contributed by atoms with E-state index >= 15 is 0 Å². The summed E-state index contributed by atoms with van der Waals surface area (Å²) in [5, 5.41) is 2.77. The molecular formula is C13H20N2O3. The molecule has 0 fully saturated rings. The van der Waals surface area contributed by atoms with Gasteiger partial charge in [-0.05, 0) is 31.2 Å². The molecule has 0 aromatic heterocycles. The van der Waals surface area contributed by atoms with Crippen LogP contribution < -0.4 is 11.1 Å². The summed E-state index contributed by atoms with van der Waals surface area (Å²) in [6.07, 6.45) is 0.330. The van der Waals surface area contributed by atoms with Gasteiger partial charge in [-0.3, -0.25) is 4.79 Å². The highest BCUT2D eigenvalue weighted by Crippen LogP contribution is 2.10. The molecule has 0 heterocycles. The molecule has 100 valence electrons. The number of hydrogen-bond acceptors (Lipinski definition) is 4. The smallest absolute Gasteiger partial charge is 0.226 e. The van der Waals surface area contributed by atoms with Gasteiger partial charge in [-0.1, -0.05) is 0 Å². The summed E-state index contributed by atoms with van der Waals surface area (Å²) in [4.78, 5) is 11.5. The standard InChI is InChI=1S/C13H20N2O3/c1-2-17-9-10-18-8-7-13(16)15-12-5-3-11(14)4-6-12/h3-6H,2,7-10,14H2,1H3,(H,15,16). The Balaban J connectivity index is 2.12. The first kappa shape index (κ1) is 14.5. The van der Waals surface area contributed by atoms with Gasteiger partial charge in [0.2, 0.25) is 5.91 Å². The molecule has 1 aromatic rings. The van der Waals surface area contributed by atoms with Crippen LogP contribution >= 0.6 is 0 Å². The van der Waals surface area contributed by atoms with Crippen LogP contribution in [-0.4, -0.2) is 32.3 Å². The van der Waals surface area contributed by atoms with E-state index in [2.05, 4.69) is 5.32 Å². The molecule has 0 saturated heterocycles. The Morgan fingerprint density at radius 2 is 1.83 bits per heavy atom. The van der Waals surface area contributed by atoms with Crippen LogP contribution in [0.15, 0.2) is 24.3 Å². The lowest BCUT2D eigenvalue weighted by molar-refractivity contribution is -0.117. The zero-order valence-electron chi connectivity index (χ0n) is 10.6. The van der Waals surface area contributed by atoms with E-state index in [9.17, 15) is 4.79 Å². The van der Waals surface area contributed by atoms with Crippen LogP contribution in [0.5, 0.6) is 0 Å². The third-order valence-corrected chi connectivity index (χ3v) is 2.24. The van der Waals surface area contributed by atoms with Gasteiger partial charge in [-0.25, -0.2) is 0 Å². The first-order valence-electron chi connectivity index (χ1n) is 6.03. The van der Waals surface area contributed by atoms with Crippen molar-refractivity contribution in [2.75, 3.05) is 37.5 Å². The highest BCUT2D eigenvalue weighted by Gasteiger charge is 2.02. The number of nitrogens with two attached hydrogens (primary N) is 1. The lowest BCUT2D eigenvalue weighted by Crippen LogP contribution is -2.15. The number of nitrogen functional groups attached to an aromatic ring is 1. The first-order chi connectivity index (χ1) is 8.72. The minimum absolute atomic E-state index is 0.0730. The Morgan fingerprint density at radius 3 is 2.50 bits per heavy atom. The second-order valence-corrected chi connectivity index (χ2v) is 3.73. The SMILES string of the molecule is CCOCCOCCC(=O)Nc1ccc(N)cc1. The van der Waals surface area contributed by atoms with Crippen molar-refractivity contribution in [1.82, 2.24) is 0 Å². The number of nitrogens with one attached hydrogen (secondary N) is 1. The summed E-state index contributed by atoms with van der Waals surface area (Å²) in [5.74, 6) is -0.0730. The molecule has 1 rings (SSSR count). The molecular weight excluding hydrogens is 232 g/mol. The van der Waals surface area contributed by atoms with Gasteiger partial charge in [-0.15, -0.1) is 0 Å². The Morgan fingerprint density at radius 1 is 1.17 bits per heavy atom. The first-order valence-corrected chi connectivity index (χ1v) is 6.03. The van der Waals surface area contributed by atoms with E-state index in [4.69, 9.17) is 15.2 Å². The van der Waals surface area contributed by atoms with Crippen molar-refractivity contribution in [1.29, 1.82) is 0 Å². The van der Waals surface area contributed by atoms with Crippen LogP contribution in [0.25, 0.3) is 0 Å². The number of benzene rings is 1. The van der Waals surface area contributed by atoms with Gasteiger partial charge in [0.15, 0.2) is 0 Å². The lowest BCUT2D eigenvalue weighted by atomic mass is 10.3. The van der Waals surface area contributed by atoms with E-state index in [1.807, 2.05) is 6.92 Å². The van der Waals surface area contributed by atoms with Gasteiger partial charge >= 0.3 is 0 Å². The van der Waals surface area contributed by atoms with Crippen LogP contribution in [0.3, 0.4) is 0 Å². The lowest BCUT2D eigenvalue weighted by Gasteiger charge is -2.06. The van der Waals surface area contributed by atoms with Crippen LogP contribution in [0.4, 0.5) is 11.4 Å². The van der Waals surface area contributed by atoms with Gasteiger partial charge in [0.05, 0.1) is 26.2 Å². The predicted molar refractivity (Wildman–Crippen MR) is 71.4 cm³/mol. The van der Waals surface area contributed by atoms with Crippen LogP contribution in [-0.2, 0) is 14.3 Å². The van der Waals surface area contributed by atoms with E-state index in [1.165, 1.54) is 0 Å². The topological polar surface area (TPSA) is 73.6 Å². The molecule has 3 N–H and O–H groups in total. The zero-order chi connectivity index (χ0) is 13.2. The second-order valence-electron chi connectivity index (χ2n) is 3.73. The quantitative estimate of drug-likeness (QED) is 0.545. The van der Waals surface area contributed by atoms with Crippen molar-refractivity contribution in [2.24, 2.45) is 0 Å². The maximum atomic E-state index is 11.5. The molecule has 0 unspecified atom stereocenters. The number of ether oxygens (including phenoxy) is 2. The fraction of sp³-hybridized carbons (Fsp3) is 0.462. The van der Waals surface area contributed by atoms with Gasteiger partial charge in [0.1, 0.15) is 0 Å². The molecule has 18 heavy (non-hydrogen) atoms. The Labute approximate surface area is 107 Å². The van der Waals surface area contributed by atoms with Gasteiger partial charge in [-0.2, -0.15) is 0 Å². The predicted octanol–water partition coefficient (Wildman–Crippen LogP) is 1.65. The van der Waals surface area contributed by atoms with Crippen LogP contribution in [0.1, 0.15) is 13.3 Å². The highest BCUT2D eigenvalue weighted by atomic mass is 16.5. The summed E-state index contributed by atoms with van der Waals surface area (Å²) in [6.45, 7) is 4.09. The molecule has 0 aliphatic carbocycles. The molecule has 0 saturated carbocycles. The van der Waals surface area contributed by atoms with Crippen LogP contribution in [0, 0.1) is 0 Å². The Bertz CT molecular complexity index is 352. The van der Waals surface area contributed by atoms with Crippen molar-refractivity contribution in [2.45, 2.75) is 13.3 Å². The van der Waals surface area contributed by atoms with Crippen molar-refractivity contribution in [3.63, 3.8) is 0 Å². The fourth-order valence-electron chi connectivity index (χ4n) is 1.32. The minimum atomic E-state index is -0.0730. The number of carbonyl (C=O) groups is 1. The molecule has 0 atom stereocenters. The molecule has 0 aliphatic heterocycles. The number of hydrogen-bond donors (Lipinski definition) is 2. The minimum Gasteiger partial charge on any atom is -0.399 e. The van der Waals surface area contributed by atoms with Crippen LogP contribution in [0.2, 0.25) is 0 Å². The van der Waals surface area contributed by atoms with Gasteiger partial charge in [0.25, 0.3) is 0 Å². The summed E-state index contributed by atoms with van der Waals surface area (Å²) in [7, 11) is 0. The van der Waals surface area contributed by atoms with E-state index in [-0.39, 0.29) is 5.91 Å². The zero-order valence-corrected chi connectivity index (χ0v) is 10.6. The van der Waals surface area contributed by atoms with Gasteiger partial charge < -0.3 is 20.5 Å². The van der Waals surface area contributed by atoms with E-state index in [0.29, 0.717) is 38.5 Å². The summed E-state index contributed by atoms with van der Waals surface area (Å²) in [6, 6.07) is 7.02. The van der Waals surface area contributed by atoms with Crippen molar-refractivity contribution in [3.8, 4) is 0 Å². The summed E-state index contributed by atoms with van der Waals surface area (Å²) in [5.41, 5.74) is 6.96. The molecule has 0 spiro atoms. The van der Waals surface area contributed by atoms with Crippen molar-refractivity contribution >= 4 is 17.3 Å². The van der Waals surface area contributed by atoms with Gasteiger partial charge in [0, 0.05) is 18.0 Å². The van der Waals surface area contributed by atoms with E-state index < -0.39 is 0 Å². The Kier molecular flexibility index (Phi) is 6.83. The number of rotatable bonds is 8. The fourth-order valence-corrected chi connectivity index (χ4v) is 1.32. The van der Waals surface area contributed by atoms with E-state index in [0.717, 1.165) is 5.69 Å². The average molecular weight is 252 g/mol. The van der Waals surface area contributed by atoms with Crippen molar-refractivity contribution < 1.29 is 14.3 Å². The molecule has 0 radical (unpaired) electrons. The maximum Gasteiger partial charge on any atom is 0.226 e. The number of amides is 1. The molecule has 0 aliphatic rings. The third-order valence-electron chi connectivity index (χ3n) is 2.24. The summed E-state index contributed by atoms with van der Waals surface area (Å²) < 4.78 is 10.4. The molecule has 5 nitrogen and oxygen atoms in total. The van der Waals surface area contributed by atoms with Crippen molar-refractivity contribution in [3.05, 3.63) is 24.3 Å². The monoisotopic (exact) mass is 252 g/mol. The molecule has 5 heteroatoms. The average Bonchev–Trinajstić information content (AvgIpc) is 2.36. The molecule has 0 bridgehead atoms. The molecule has 1 amide bonds. The highest BCUT2D eigenvalue weighted by molar-refractivity contribution is 5.90. The third kappa shape index (κ3) is 6.22. The maximum absolute atomic E-state index is 11.5.